The van der Waals surface area contributed by atoms with Gasteiger partial charge >= 0.3 is 0 Å². The molecule has 2 aromatic rings. The van der Waals surface area contributed by atoms with Gasteiger partial charge in [0.15, 0.2) is 0 Å². The lowest BCUT2D eigenvalue weighted by Crippen LogP contribution is -2.51. The van der Waals surface area contributed by atoms with Gasteiger partial charge in [0.25, 0.3) is 5.56 Å². The van der Waals surface area contributed by atoms with E-state index in [-0.39, 0.29) is 42.1 Å². The Morgan fingerprint density at radius 3 is 2.58 bits per heavy atom. The molecule has 8 nitrogen and oxygen atoms in total. The number of nitrogens with one attached hydrogen (secondary N) is 3. The highest BCUT2D eigenvalue weighted by molar-refractivity contribution is 6.04. The van der Waals surface area contributed by atoms with Crippen LogP contribution in [0.15, 0.2) is 26.9 Å². The monoisotopic (exact) mass is 503 g/mol. The summed E-state index contributed by atoms with van der Waals surface area (Å²) in [7, 11) is 3.34. The third kappa shape index (κ3) is 4.60. The van der Waals surface area contributed by atoms with Crippen molar-refractivity contribution in [2.24, 2.45) is 15.9 Å². The molecule has 1 aliphatic carbocycles. The van der Waals surface area contributed by atoms with Crippen molar-refractivity contribution in [3.8, 4) is 0 Å². The lowest BCUT2D eigenvalue weighted by molar-refractivity contribution is -0.0570. The smallest absolute Gasteiger partial charge is 0.272 e. The summed E-state index contributed by atoms with van der Waals surface area (Å²) in [5, 5.41) is 14.5. The van der Waals surface area contributed by atoms with Gasteiger partial charge in [-0.05, 0) is 56.8 Å². The SMILES string of the molecule is CN=CNC(=NC)[C@@H]1c2n[nH]c(=O)c3cc(F)cc(c23)N[C@H]1C1CCN(C2CCC(F)(F)CC2)CC1. The second-order valence-corrected chi connectivity index (χ2v) is 10.1. The van der Waals surface area contributed by atoms with Crippen molar-refractivity contribution in [2.45, 2.75) is 62.4 Å². The van der Waals surface area contributed by atoms with Crippen molar-refractivity contribution in [3.63, 3.8) is 0 Å². The minimum absolute atomic E-state index is 0.0406. The molecule has 3 aliphatic rings. The molecule has 0 unspecified atom stereocenters. The number of halogens is 3. The molecule has 2 fully saturated rings. The first-order chi connectivity index (χ1) is 17.3. The van der Waals surface area contributed by atoms with Crippen molar-refractivity contribution in [1.82, 2.24) is 20.4 Å². The highest BCUT2D eigenvalue weighted by Gasteiger charge is 2.43. The van der Waals surface area contributed by atoms with E-state index < -0.39 is 17.3 Å². The van der Waals surface area contributed by atoms with E-state index in [9.17, 15) is 18.0 Å². The first kappa shape index (κ1) is 24.7. The molecule has 36 heavy (non-hydrogen) atoms. The second kappa shape index (κ2) is 9.84. The molecule has 0 radical (unpaired) electrons. The van der Waals surface area contributed by atoms with E-state index in [2.05, 4.69) is 35.7 Å². The predicted molar refractivity (Wildman–Crippen MR) is 135 cm³/mol. The summed E-state index contributed by atoms with van der Waals surface area (Å²) in [6.45, 7) is 1.64. The average Bonchev–Trinajstić information content (AvgIpc) is 2.87. The predicted octanol–water partition coefficient (Wildman–Crippen LogP) is 3.51. The number of nitrogens with zero attached hydrogens (tertiary/aromatic N) is 4. The molecule has 3 heterocycles. The number of amidine groups is 1. The number of aromatic nitrogens is 2. The third-order valence-electron chi connectivity index (χ3n) is 8.02. The number of H-pyrrole nitrogens is 1. The van der Waals surface area contributed by atoms with E-state index in [1.54, 1.807) is 20.4 Å². The van der Waals surface area contributed by atoms with Crippen molar-refractivity contribution < 1.29 is 13.2 Å². The zero-order chi connectivity index (χ0) is 25.4. The van der Waals surface area contributed by atoms with Crippen LogP contribution < -0.4 is 16.2 Å². The quantitative estimate of drug-likeness (QED) is 0.438. The van der Waals surface area contributed by atoms with Crippen LogP contribution in [0.2, 0.25) is 0 Å². The molecule has 5 rings (SSSR count). The molecule has 11 heteroatoms. The topological polar surface area (TPSA) is 97.8 Å². The minimum atomic E-state index is -2.53. The molecule has 3 N–H and O–H groups in total. The fourth-order valence-electron chi connectivity index (χ4n) is 6.21. The number of hydrogen-bond donors (Lipinski definition) is 3. The van der Waals surface area contributed by atoms with Crippen molar-refractivity contribution in [1.29, 1.82) is 0 Å². The number of hydrogen-bond acceptors (Lipinski definition) is 6. The fourth-order valence-corrected chi connectivity index (χ4v) is 6.21. The Bertz CT molecular complexity index is 1230. The molecule has 0 spiro atoms. The van der Waals surface area contributed by atoms with Gasteiger partial charge in [0, 0.05) is 50.1 Å². The summed E-state index contributed by atoms with van der Waals surface area (Å²) < 4.78 is 41.8. The summed E-state index contributed by atoms with van der Waals surface area (Å²) in [4.78, 5) is 23.3. The first-order valence-corrected chi connectivity index (χ1v) is 12.6. The van der Waals surface area contributed by atoms with Crippen molar-refractivity contribution in [2.75, 3.05) is 32.5 Å². The van der Waals surface area contributed by atoms with Gasteiger partial charge in [-0.15, -0.1) is 0 Å². The van der Waals surface area contributed by atoms with Gasteiger partial charge in [0.2, 0.25) is 5.92 Å². The van der Waals surface area contributed by atoms with Crippen LogP contribution >= 0.6 is 0 Å². The summed E-state index contributed by atoms with van der Waals surface area (Å²) >= 11 is 0. The lowest BCUT2D eigenvalue weighted by atomic mass is 9.76. The van der Waals surface area contributed by atoms with E-state index in [0.29, 0.717) is 35.4 Å². The van der Waals surface area contributed by atoms with Crippen LogP contribution in [0.5, 0.6) is 0 Å². The van der Waals surface area contributed by atoms with E-state index in [1.165, 1.54) is 12.1 Å². The molecule has 1 saturated heterocycles. The standard InChI is InChI=1S/C25H32F3N7O/c1-29-13-31-23(30-2)20-21(14-5-9-35(10-6-14)16-3-7-25(27,28)8-4-16)32-18-12-15(26)11-17-19(18)22(20)33-34-24(17)36/h11-14,16,20-21,32H,3-10H2,1-2H3,(H,34,36)(H,29,30,31)/t20-,21-/m0/s1. The maximum atomic E-state index is 14.5. The van der Waals surface area contributed by atoms with Gasteiger partial charge in [0.1, 0.15) is 11.7 Å². The number of aromatic amines is 1. The average molecular weight is 504 g/mol. The van der Waals surface area contributed by atoms with Gasteiger partial charge in [-0.2, -0.15) is 5.10 Å². The summed E-state index contributed by atoms with van der Waals surface area (Å²) in [5.74, 6) is -2.50. The van der Waals surface area contributed by atoms with Gasteiger partial charge in [-0.1, -0.05) is 0 Å². The van der Waals surface area contributed by atoms with Gasteiger partial charge < -0.3 is 15.5 Å². The van der Waals surface area contributed by atoms with Gasteiger partial charge in [-0.3, -0.25) is 14.8 Å². The zero-order valence-corrected chi connectivity index (χ0v) is 20.5. The van der Waals surface area contributed by atoms with Crippen LogP contribution in [-0.4, -0.2) is 72.5 Å². The van der Waals surface area contributed by atoms with E-state index in [0.717, 1.165) is 25.9 Å². The number of alkyl halides is 2. The van der Waals surface area contributed by atoms with Crippen LogP contribution in [0.3, 0.4) is 0 Å². The van der Waals surface area contributed by atoms with Crippen LogP contribution in [0.4, 0.5) is 18.9 Å². The summed E-state index contributed by atoms with van der Waals surface area (Å²) in [6.07, 6.45) is 4.25. The van der Waals surface area contributed by atoms with Crippen LogP contribution in [0.1, 0.15) is 50.1 Å². The molecular formula is C25H32F3N7O. The Hall–Kier alpha value is -2.95. The number of anilines is 1. The van der Waals surface area contributed by atoms with Crippen molar-refractivity contribution in [3.05, 3.63) is 34.0 Å². The molecule has 194 valence electrons. The molecule has 0 amide bonds. The van der Waals surface area contributed by atoms with E-state index in [4.69, 9.17) is 0 Å². The molecule has 1 saturated carbocycles. The number of rotatable bonds is 4. The lowest BCUT2D eigenvalue weighted by Gasteiger charge is -2.45. The maximum absolute atomic E-state index is 14.5. The number of aliphatic imine (C=N–C) groups is 2. The number of piperidine rings is 1. The van der Waals surface area contributed by atoms with E-state index in [1.807, 2.05) is 0 Å². The van der Waals surface area contributed by atoms with E-state index >= 15 is 0 Å². The maximum Gasteiger partial charge on any atom is 0.272 e. The first-order valence-electron chi connectivity index (χ1n) is 12.6. The van der Waals surface area contributed by atoms with Gasteiger partial charge in [-0.25, -0.2) is 18.3 Å². The Morgan fingerprint density at radius 1 is 1.19 bits per heavy atom. The van der Waals surface area contributed by atoms with Crippen LogP contribution in [-0.2, 0) is 0 Å². The molecule has 1 aromatic carbocycles. The normalized spacial score (nSPS) is 25.9. The van der Waals surface area contributed by atoms with Gasteiger partial charge in [0.05, 0.1) is 23.3 Å². The van der Waals surface area contributed by atoms with Crippen LogP contribution in [0, 0.1) is 11.7 Å². The fraction of sp³-hybridized carbons (Fsp3) is 0.600. The second-order valence-electron chi connectivity index (χ2n) is 10.1. The van der Waals surface area contributed by atoms with Crippen molar-refractivity contribution >= 4 is 28.6 Å². The highest BCUT2D eigenvalue weighted by Crippen LogP contribution is 2.43. The number of likely N-dealkylation sites (tertiary alicyclic amines) is 1. The Morgan fingerprint density at radius 2 is 1.92 bits per heavy atom. The molecule has 0 bridgehead atoms. The molecule has 2 atom stereocenters. The Balaban J connectivity index is 1.44. The Labute approximate surface area is 207 Å². The highest BCUT2D eigenvalue weighted by atomic mass is 19.3. The minimum Gasteiger partial charge on any atom is -0.380 e. The summed E-state index contributed by atoms with van der Waals surface area (Å²) in [6, 6.07) is 2.69. The Kier molecular flexibility index (Phi) is 6.76. The molecule has 1 aromatic heterocycles. The zero-order valence-electron chi connectivity index (χ0n) is 20.5. The number of benzene rings is 1. The third-order valence-corrected chi connectivity index (χ3v) is 8.02. The molecule has 2 aliphatic heterocycles. The molecular weight excluding hydrogens is 471 g/mol. The largest absolute Gasteiger partial charge is 0.380 e. The van der Waals surface area contributed by atoms with Crippen LogP contribution in [0.25, 0.3) is 10.8 Å². The summed E-state index contributed by atoms with van der Waals surface area (Å²) in [5.41, 5.74) is 0.743.